The van der Waals surface area contributed by atoms with Gasteiger partial charge in [0.25, 0.3) is 0 Å². The van der Waals surface area contributed by atoms with Crippen molar-refractivity contribution < 1.29 is 0 Å². The van der Waals surface area contributed by atoms with Crippen LogP contribution in [0.5, 0.6) is 0 Å². The van der Waals surface area contributed by atoms with Crippen LogP contribution < -0.4 is 5.46 Å². The molecule has 0 spiro atoms. The Kier molecular flexibility index (Phi) is 2.40. The zero-order chi connectivity index (χ0) is 9.97. The summed E-state index contributed by atoms with van der Waals surface area (Å²) in [6, 6.07) is 16.3. The first-order valence-corrected chi connectivity index (χ1v) is 4.69. The van der Waals surface area contributed by atoms with Crippen LogP contribution in [0.3, 0.4) is 0 Å². The van der Waals surface area contributed by atoms with Crippen molar-refractivity contribution in [3.05, 3.63) is 54.1 Å². The smallest absolute Gasteiger partial charge is 0.0887 e. The summed E-state index contributed by atoms with van der Waals surface area (Å²) in [5.74, 6) is 0. The van der Waals surface area contributed by atoms with Crippen LogP contribution in [-0.2, 0) is 0 Å². The van der Waals surface area contributed by atoms with Gasteiger partial charge in [0.1, 0.15) is 7.85 Å². The van der Waals surface area contributed by atoms with Crippen molar-refractivity contribution in [1.29, 1.82) is 0 Å². The zero-order valence-corrected chi connectivity index (χ0v) is 8.20. The third kappa shape index (κ3) is 1.72. The van der Waals surface area contributed by atoms with Gasteiger partial charge in [-0.15, -0.1) is 0 Å². The molecule has 0 aliphatic rings. The van der Waals surface area contributed by atoms with Gasteiger partial charge in [0.2, 0.25) is 0 Å². The van der Waals surface area contributed by atoms with Crippen LogP contribution in [0.25, 0.3) is 11.1 Å². The van der Waals surface area contributed by atoms with Gasteiger partial charge in [-0.1, -0.05) is 59.6 Å². The van der Waals surface area contributed by atoms with Gasteiger partial charge in [0.05, 0.1) is 0 Å². The second kappa shape index (κ2) is 3.71. The largest absolute Gasteiger partial charge is 0.114 e. The van der Waals surface area contributed by atoms with Gasteiger partial charge in [-0.25, -0.2) is 0 Å². The standard InChI is InChI=1S/C13H11B/c1-10-7-8-12(13(14)9-10)11-5-3-2-4-6-11/h2-9H,1H3. The first-order valence-electron chi connectivity index (χ1n) is 4.69. The predicted molar refractivity (Wildman–Crippen MR) is 62.0 cm³/mol. The second-order valence-electron chi connectivity index (χ2n) is 3.46. The maximum absolute atomic E-state index is 5.95. The lowest BCUT2D eigenvalue weighted by molar-refractivity contribution is 1.49. The summed E-state index contributed by atoms with van der Waals surface area (Å²) in [6.45, 7) is 2.05. The lowest BCUT2D eigenvalue weighted by Gasteiger charge is -2.06. The number of benzene rings is 2. The molecular formula is C13H11B. The van der Waals surface area contributed by atoms with E-state index in [0.717, 1.165) is 11.0 Å². The topological polar surface area (TPSA) is 0 Å². The molecular weight excluding hydrogens is 167 g/mol. The molecule has 0 aromatic heterocycles. The van der Waals surface area contributed by atoms with E-state index in [1.807, 2.05) is 31.2 Å². The molecule has 0 bridgehead atoms. The molecule has 0 saturated heterocycles. The third-order valence-corrected chi connectivity index (χ3v) is 2.29. The molecule has 0 aliphatic heterocycles. The maximum atomic E-state index is 5.95. The van der Waals surface area contributed by atoms with Crippen LogP contribution in [0.15, 0.2) is 48.5 Å². The Bertz CT molecular complexity index is 432. The monoisotopic (exact) mass is 178 g/mol. The lowest BCUT2D eigenvalue weighted by atomic mass is 9.86. The Morgan fingerprint density at radius 2 is 1.64 bits per heavy atom. The highest BCUT2D eigenvalue weighted by Gasteiger charge is 1.99. The van der Waals surface area contributed by atoms with Gasteiger partial charge >= 0.3 is 0 Å². The SMILES string of the molecule is [B]c1cc(C)ccc1-c1ccccc1. The van der Waals surface area contributed by atoms with E-state index in [1.165, 1.54) is 11.1 Å². The van der Waals surface area contributed by atoms with Crippen molar-refractivity contribution in [1.82, 2.24) is 0 Å². The minimum absolute atomic E-state index is 0.844. The van der Waals surface area contributed by atoms with E-state index >= 15 is 0 Å². The summed E-state index contributed by atoms with van der Waals surface area (Å²) in [6.07, 6.45) is 0. The van der Waals surface area contributed by atoms with Crippen LogP contribution in [0.4, 0.5) is 0 Å². The molecule has 2 rings (SSSR count). The average molecular weight is 178 g/mol. The van der Waals surface area contributed by atoms with Crippen molar-refractivity contribution in [2.75, 3.05) is 0 Å². The molecule has 1 heteroatoms. The number of aryl methyl sites for hydroxylation is 1. The molecule has 2 aromatic rings. The molecule has 0 aliphatic carbocycles. The summed E-state index contributed by atoms with van der Waals surface area (Å²) in [7, 11) is 5.95. The van der Waals surface area contributed by atoms with Crippen LogP contribution in [0.2, 0.25) is 0 Å². The molecule has 0 saturated carbocycles. The Hall–Kier alpha value is -1.50. The summed E-state index contributed by atoms with van der Waals surface area (Å²) in [5.41, 5.74) is 4.32. The normalized spacial score (nSPS) is 10.1. The highest BCUT2D eigenvalue weighted by atomic mass is 14.0. The van der Waals surface area contributed by atoms with Crippen molar-refractivity contribution >= 4 is 13.3 Å². The Labute approximate surface area is 86.0 Å². The summed E-state index contributed by atoms with van der Waals surface area (Å²) < 4.78 is 0. The average Bonchev–Trinajstić information content (AvgIpc) is 2.19. The van der Waals surface area contributed by atoms with E-state index < -0.39 is 0 Å². The van der Waals surface area contributed by atoms with Gasteiger partial charge in [-0.05, 0) is 18.1 Å². The highest BCUT2D eigenvalue weighted by molar-refractivity contribution is 6.36. The molecule has 0 fully saturated rings. The molecule has 2 aromatic carbocycles. The summed E-state index contributed by atoms with van der Waals surface area (Å²) in [5, 5.41) is 0. The Morgan fingerprint density at radius 1 is 0.929 bits per heavy atom. The maximum Gasteiger partial charge on any atom is 0.114 e. The quantitative estimate of drug-likeness (QED) is 0.588. The molecule has 0 amide bonds. The predicted octanol–water partition coefficient (Wildman–Crippen LogP) is 2.46. The van der Waals surface area contributed by atoms with Crippen molar-refractivity contribution in [2.24, 2.45) is 0 Å². The van der Waals surface area contributed by atoms with Crippen molar-refractivity contribution in [3.63, 3.8) is 0 Å². The first-order chi connectivity index (χ1) is 6.77. The fourth-order valence-corrected chi connectivity index (χ4v) is 1.56. The Balaban J connectivity index is 2.53. The van der Waals surface area contributed by atoms with Gasteiger partial charge in [0, 0.05) is 0 Å². The van der Waals surface area contributed by atoms with Crippen LogP contribution >= 0.6 is 0 Å². The number of hydrogen-bond donors (Lipinski definition) is 0. The summed E-state index contributed by atoms with van der Waals surface area (Å²) in [4.78, 5) is 0. The van der Waals surface area contributed by atoms with Crippen molar-refractivity contribution in [2.45, 2.75) is 6.92 Å². The first kappa shape index (κ1) is 9.08. The van der Waals surface area contributed by atoms with E-state index in [9.17, 15) is 0 Å². The fraction of sp³-hybridized carbons (Fsp3) is 0.0769. The van der Waals surface area contributed by atoms with E-state index in [-0.39, 0.29) is 0 Å². The molecule has 0 heterocycles. The van der Waals surface area contributed by atoms with Gasteiger partial charge in [0.15, 0.2) is 0 Å². The minimum atomic E-state index is 0.844. The number of rotatable bonds is 1. The van der Waals surface area contributed by atoms with Crippen molar-refractivity contribution in [3.8, 4) is 11.1 Å². The molecule has 0 unspecified atom stereocenters. The minimum Gasteiger partial charge on any atom is -0.0887 e. The molecule has 0 N–H and O–H groups in total. The second-order valence-corrected chi connectivity index (χ2v) is 3.46. The summed E-state index contributed by atoms with van der Waals surface area (Å²) >= 11 is 0. The molecule has 14 heavy (non-hydrogen) atoms. The lowest BCUT2D eigenvalue weighted by Crippen LogP contribution is -2.06. The van der Waals surface area contributed by atoms with E-state index in [0.29, 0.717) is 0 Å². The van der Waals surface area contributed by atoms with Crippen LogP contribution in [-0.4, -0.2) is 7.85 Å². The third-order valence-electron chi connectivity index (χ3n) is 2.29. The Morgan fingerprint density at radius 3 is 2.29 bits per heavy atom. The van der Waals surface area contributed by atoms with Gasteiger partial charge < -0.3 is 0 Å². The van der Waals surface area contributed by atoms with E-state index in [4.69, 9.17) is 7.85 Å². The van der Waals surface area contributed by atoms with E-state index in [1.54, 1.807) is 0 Å². The van der Waals surface area contributed by atoms with Crippen LogP contribution in [0.1, 0.15) is 5.56 Å². The zero-order valence-electron chi connectivity index (χ0n) is 8.20. The highest BCUT2D eigenvalue weighted by Crippen LogP contribution is 2.16. The van der Waals surface area contributed by atoms with E-state index in [2.05, 4.69) is 24.3 Å². The molecule has 0 atom stereocenters. The van der Waals surface area contributed by atoms with Gasteiger partial charge in [-0.3, -0.25) is 0 Å². The molecule has 66 valence electrons. The molecule has 0 nitrogen and oxygen atoms in total. The molecule has 2 radical (unpaired) electrons. The fourth-order valence-electron chi connectivity index (χ4n) is 1.56. The van der Waals surface area contributed by atoms with Crippen LogP contribution in [0, 0.1) is 6.92 Å². The number of hydrogen-bond acceptors (Lipinski definition) is 0. The van der Waals surface area contributed by atoms with Gasteiger partial charge in [-0.2, -0.15) is 0 Å².